The highest BCUT2D eigenvalue weighted by atomic mass is 79.9. The smallest absolute Gasteiger partial charge is 0.259 e. The van der Waals surface area contributed by atoms with Crippen molar-refractivity contribution in [2.75, 3.05) is 13.7 Å². The number of aromatic amines is 1. The van der Waals surface area contributed by atoms with Crippen molar-refractivity contribution in [1.82, 2.24) is 9.97 Å². The molecule has 0 unspecified atom stereocenters. The van der Waals surface area contributed by atoms with Gasteiger partial charge in [-0.3, -0.25) is 4.79 Å². The highest BCUT2D eigenvalue weighted by Crippen LogP contribution is 2.37. The number of hydrogen-bond acceptors (Lipinski definition) is 4. The summed E-state index contributed by atoms with van der Waals surface area (Å²) in [6.45, 7) is 3.98. The Kier molecular flexibility index (Phi) is 6.44. The molecule has 1 aromatic heterocycles. The Morgan fingerprint density at radius 1 is 1.36 bits per heavy atom. The van der Waals surface area contributed by atoms with Gasteiger partial charge in [0.05, 0.1) is 27.5 Å². The number of hydrogen-bond donors (Lipinski definition) is 1. The molecule has 0 saturated carbocycles. The first kappa shape index (κ1) is 20.5. The number of halogens is 3. The molecule has 0 aliphatic heterocycles. The third-order valence-electron chi connectivity index (χ3n) is 3.79. The molecule has 144 valence electrons. The Labute approximate surface area is 179 Å². The van der Waals surface area contributed by atoms with Crippen LogP contribution in [0, 0.1) is 0 Å². The molecule has 8 heteroatoms. The zero-order valence-corrected chi connectivity index (χ0v) is 17.9. The summed E-state index contributed by atoms with van der Waals surface area (Å²) in [7, 11) is 1.55. The van der Waals surface area contributed by atoms with Crippen LogP contribution in [-0.2, 0) is 0 Å². The van der Waals surface area contributed by atoms with E-state index in [1.165, 1.54) is 0 Å². The average molecular weight is 482 g/mol. The maximum absolute atomic E-state index is 12.3. The fourth-order valence-corrected chi connectivity index (χ4v) is 3.50. The van der Waals surface area contributed by atoms with Crippen molar-refractivity contribution in [3.8, 4) is 11.5 Å². The maximum atomic E-state index is 12.3. The summed E-state index contributed by atoms with van der Waals surface area (Å²) in [6, 6.07) is 8.46. The monoisotopic (exact) mass is 480 g/mol. The zero-order chi connectivity index (χ0) is 20.3. The van der Waals surface area contributed by atoms with Gasteiger partial charge < -0.3 is 14.5 Å². The van der Waals surface area contributed by atoms with Crippen LogP contribution in [0.25, 0.3) is 22.0 Å². The van der Waals surface area contributed by atoms with Gasteiger partial charge in [0.25, 0.3) is 5.56 Å². The van der Waals surface area contributed by atoms with Crippen molar-refractivity contribution < 1.29 is 9.47 Å². The Morgan fingerprint density at radius 2 is 2.14 bits per heavy atom. The van der Waals surface area contributed by atoms with Crippen molar-refractivity contribution in [2.24, 2.45) is 0 Å². The number of aromatic nitrogens is 2. The van der Waals surface area contributed by atoms with E-state index < -0.39 is 0 Å². The second-order valence-electron chi connectivity index (χ2n) is 5.70. The molecule has 0 aliphatic rings. The molecule has 0 bridgehead atoms. The van der Waals surface area contributed by atoms with Crippen molar-refractivity contribution in [3.63, 3.8) is 0 Å². The Hall–Kier alpha value is -2.28. The van der Waals surface area contributed by atoms with E-state index in [1.54, 1.807) is 43.5 Å². The quantitative estimate of drug-likeness (QED) is 0.462. The predicted octanol–water partition coefficient (Wildman–Crippen LogP) is 5.65. The number of benzene rings is 2. The van der Waals surface area contributed by atoms with Gasteiger partial charge in [0.2, 0.25) is 0 Å². The largest absolute Gasteiger partial charge is 0.493 e. The van der Waals surface area contributed by atoms with Crippen LogP contribution in [0.2, 0.25) is 5.02 Å². The van der Waals surface area contributed by atoms with Crippen LogP contribution in [0.15, 0.2) is 52.3 Å². The molecule has 0 aliphatic carbocycles. The number of fused-ring (bicyclic) bond motifs is 1. The molecule has 3 aromatic rings. The minimum atomic E-state index is -0.296. The molecule has 28 heavy (non-hydrogen) atoms. The maximum Gasteiger partial charge on any atom is 0.259 e. The molecule has 5 nitrogen and oxygen atoms in total. The third kappa shape index (κ3) is 4.41. The molecular weight excluding hydrogens is 467 g/mol. The minimum Gasteiger partial charge on any atom is -0.493 e. The van der Waals surface area contributed by atoms with Crippen LogP contribution in [-0.4, -0.2) is 23.7 Å². The summed E-state index contributed by atoms with van der Waals surface area (Å²) in [5.41, 5.74) is 0.897. The van der Waals surface area contributed by atoms with E-state index >= 15 is 0 Å². The molecule has 1 N–H and O–H groups in total. The van der Waals surface area contributed by atoms with Crippen molar-refractivity contribution in [3.05, 3.63) is 74.2 Å². The first-order valence-corrected chi connectivity index (χ1v) is 9.66. The standard InChI is InChI=1S/C20H15BrCl2N2O3/c1-3-6-28-18-14(21)7-11(9-17(18)27-2)8-15(23)19-24-16-10-12(22)4-5-13(16)20(26)25-19/h3-5,7-10H,1,6H2,2H3,(H,24,25,26). The summed E-state index contributed by atoms with van der Waals surface area (Å²) < 4.78 is 11.7. The Morgan fingerprint density at radius 3 is 2.86 bits per heavy atom. The van der Waals surface area contributed by atoms with Crippen molar-refractivity contribution in [1.29, 1.82) is 0 Å². The van der Waals surface area contributed by atoms with E-state index in [0.717, 1.165) is 5.56 Å². The topological polar surface area (TPSA) is 64.2 Å². The van der Waals surface area contributed by atoms with E-state index in [-0.39, 0.29) is 16.4 Å². The first-order valence-electron chi connectivity index (χ1n) is 8.11. The second kappa shape index (κ2) is 8.82. The molecule has 0 atom stereocenters. The van der Waals surface area contributed by atoms with E-state index in [9.17, 15) is 4.79 Å². The summed E-state index contributed by atoms with van der Waals surface area (Å²) in [4.78, 5) is 19.4. The predicted molar refractivity (Wildman–Crippen MR) is 117 cm³/mol. The van der Waals surface area contributed by atoms with Gasteiger partial charge in [-0.1, -0.05) is 35.9 Å². The van der Waals surface area contributed by atoms with Gasteiger partial charge in [0.1, 0.15) is 6.61 Å². The Balaban J connectivity index is 2.04. The summed E-state index contributed by atoms with van der Waals surface area (Å²) in [6.07, 6.45) is 3.31. The lowest BCUT2D eigenvalue weighted by molar-refractivity contribution is 0.324. The number of ether oxygens (including phenoxy) is 2. The number of nitrogens with zero attached hydrogens (tertiary/aromatic N) is 1. The molecule has 0 amide bonds. The fourth-order valence-electron chi connectivity index (χ4n) is 2.55. The molecule has 3 rings (SSSR count). The van der Waals surface area contributed by atoms with Crippen molar-refractivity contribution in [2.45, 2.75) is 0 Å². The molecule has 0 radical (unpaired) electrons. The molecular formula is C20H15BrCl2N2O3. The normalized spacial score (nSPS) is 11.5. The van der Waals surface area contributed by atoms with E-state index in [1.807, 2.05) is 6.07 Å². The van der Waals surface area contributed by atoms with E-state index in [4.69, 9.17) is 32.7 Å². The van der Waals surface area contributed by atoms with E-state index in [0.29, 0.717) is 38.5 Å². The molecule has 1 heterocycles. The van der Waals surface area contributed by atoms with Crippen LogP contribution in [0.1, 0.15) is 11.4 Å². The van der Waals surface area contributed by atoms with E-state index in [2.05, 4.69) is 32.5 Å². The van der Waals surface area contributed by atoms with Crippen molar-refractivity contribution >= 4 is 61.1 Å². The van der Waals surface area contributed by atoms with Gasteiger partial charge in [-0.25, -0.2) is 4.98 Å². The Bertz CT molecular complexity index is 1140. The highest BCUT2D eigenvalue weighted by molar-refractivity contribution is 9.10. The molecule has 2 aromatic carbocycles. The third-order valence-corrected chi connectivity index (χ3v) is 4.90. The SMILES string of the molecule is C=CCOc1c(Br)cc(C=C(Cl)c2nc3cc(Cl)ccc3c(=O)[nH]2)cc1OC. The average Bonchev–Trinajstić information content (AvgIpc) is 2.66. The lowest BCUT2D eigenvalue weighted by atomic mass is 10.1. The summed E-state index contributed by atoms with van der Waals surface area (Å²) in [5, 5.41) is 1.18. The van der Waals surface area contributed by atoms with Gasteiger partial charge in [0.15, 0.2) is 17.3 Å². The van der Waals surface area contributed by atoms with Gasteiger partial charge in [-0.15, -0.1) is 0 Å². The second-order valence-corrected chi connectivity index (χ2v) is 7.40. The molecule has 0 fully saturated rings. The number of rotatable bonds is 6. The van der Waals surface area contributed by atoms with Gasteiger partial charge in [-0.05, 0) is 57.9 Å². The van der Waals surface area contributed by atoms with Crippen LogP contribution in [0.4, 0.5) is 0 Å². The van der Waals surface area contributed by atoms with Gasteiger partial charge in [-0.2, -0.15) is 0 Å². The molecule has 0 spiro atoms. The lowest BCUT2D eigenvalue weighted by Crippen LogP contribution is -2.10. The number of methoxy groups -OCH3 is 1. The number of nitrogens with one attached hydrogen (secondary N) is 1. The fraction of sp³-hybridized carbons (Fsp3) is 0.100. The molecule has 0 saturated heterocycles. The van der Waals surface area contributed by atoms with Crippen LogP contribution in [0.3, 0.4) is 0 Å². The van der Waals surface area contributed by atoms with Gasteiger partial charge >= 0.3 is 0 Å². The first-order chi connectivity index (χ1) is 13.4. The lowest BCUT2D eigenvalue weighted by Gasteiger charge is -2.12. The minimum absolute atomic E-state index is 0.239. The zero-order valence-electron chi connectivity index (χ0n) is 14.8. The van der Waals surface area contributed by atoms with Crippen LogP contribution in [0.5, 0.6) is 11.5 Å². The highest BCUT2D eigenvalue weighted by Gasteiger charge is 2.12. The summed E-state index contributed by atoms with van der Waals surface area (Å²) >= 11 is 15.9. The number of H-pyrrole nitrogens is 1. The van der Waals surface area contributed by atoms with Crippen LogP contribution >= 0.6 is 39.1 Å². The van der Waals surface area contributed by atoms with Crippen LogP contribution < -0.4 is 15.0 Å². The van der Waals surface area contributed by atoms with Gasteiger partial charge in [0, 0.05) is 5.02 Å². The summed E-state index contributed by atoms with van der Waals surface area (Å²) in [5.74, 6) is 1.32.